The number of nitrogens with zero attached hydrogens (tertiary/aromatic N) is 2. The van der Waals surface area contributed by atoms with Crippen LogP contribution in [0.2, 0.25) is 0 Å². The van der Waals surface area contributed by atoms with Crippen LogP contribution in [0.5, 0.6) is 0 Å². The summed E-state index contributed by atoms with van der Waals surface area (Å²) in [5.74, 6) is 0. The molecule has 0 fully saturated rings. The molecular weight excluding hydrogens is 186 g/mol. The molecule has 82 valence electrons. The van der Waals surface area contributed by atoms with E-state index in [1.807, 2.05) is 6.07 Å². The van der Waals surface area contributed by atoms with E-state index in [1.54, 1.807) is 12.5 Å². The Labute approximate surface area is 91.7 Å². The van der Waals surface area contributed by atoms with Gasteiger partial charge in [-0.15, -0.1) is 0 Å². The summed E-state index contributed by atoms with van der Waals surface area (Å²) < 4.78 is 0. The van der Waals surface area contributed by atoms with Crippen molar-refractivity contribution in [2.75, 3.05) is 13.1 Å². The molecule has 0 aliphatic rings. The summed E-state index contributed by atoms with van der Waals surface area (Å²) in [4.78, 5) is 8.08. The third kappa shape index (κ3) is 4.70. The number of aromatic nitrogens is 2. The molecule has 0 saturated carbocycles. The Bertz CT molecular complexity index is 293. The van der Waals surface area contributed by atoms with Crippen LogP contribution in [0.3, 0.4) is 0 Å². The maximum Gasteiger partial charge on any atom is 0.115 e. The van der Waals surface area contributed by atoms with Crippen molar-refractivity contribution in [3.05, 3.63) is 29.9 Å². The Hall–Kier alpha value is -1.22. The lowest BCUT2D eigenvalue weighted by Gasteiger charge is -2.05. The summed E-state index contributed by atoms with van der Waals surface area (Å²) in [5, 5.41) is 3.39. The molecular formula is C12H19N3. The summed E-state index contributed by atoms with van der Waals surface area (Å²) in [5.41, 5.74) is 2.36. The summed E-state index contributed by atoms with van der Waals surface area (Å²) in [6.07, 6.45) is 7.71. The summed E-state index contributed by atoms with van der Waals surface area (Å²) in [6.45, 7) is 6.36. The second kappa shape index (κ2) is 7.12. The molecule has 0 bridgehead atoms. The first kappa shape index (κ1) is 11.9. The number of nitrogens with one attached hydrogen (secondary N) is 1. The van der Waals surface area contributed by atoms with Gasteiger partial charge in [0.05, 0.1) is 5.69 Å². The molecule has 1 aromatic heterocycles. The molecule has 0 atom stereocenters. The van der Waals surface area contributed by atoms with Crippen molar-refractivity contribution in [2.45, 2.75) is 26.7 Å². The zero-order valence-electron chi connectivity index (χ0n) is 9.53. The maximum absolute atomic E-state index is 4.18. The van der Waals surface area contributed by atoms with Crippen molar-refractivity contribution >= 4 is 6.08 Å². The average Bonchev–Trinajstić information content (AvgIpc) is 2.29. The van der Waals surface area contributed by atoms with E-state index in [1.165, 1.54) is 12.0 Å². The van der Waals surface area contributed by atoms with Crippen LogP contribution in [0.1, 0.15) is 32.4 Å². The Balaban J connectivity index is 2.54. The van der Waals surface area contributed by atoms with Crippen LogP contribution in [-0.2, 0) is 0 Å². The Morgan fingerprint density at radius 2 is 2.33 bits per heavy atom. The predicted molar refractivity (Wildman–Crippen MR) is 63.5 cm³/mol. The largest absolute Gasteiger partial charge is 0.313 e. The third-order valence-corrected chi connectivity index (χ3v) is 2.19. The molecule has 1 aromatic rings. The lowest BCUT2D eigenvalue weighted by molar-refractivity contribution is 0.705. The Morgan fingerprint density at radius 1 is 1.47 bits per heavy atom. The SMILES string of the molecule is CCCNCC(=Cc1ccncn1)CC. The van der Waals surface area contributed by atoms with Gasteiger partial charge in [-0.25, -0.2) is 9.97 Å². The van der Waals surface area contributed by atoms with Crippen LogP contribution in [0.4, 0.5) is 0 Å². The van der Waals surface area contributed by atoms with Gasteiger partial charge in [0.25, 0.3) is 0 Å². The highest BCUT2D eigenvalue weighted by atomic mass is 14.8. The van der Waals surface area contributed by atoms with E-state index >= 15 is 0 Å². The Kier molecular flexibility index (Phi) is 5.63. The van der Waals surface area contributed by atoms with Gasteiger partial charge in [-0.1, -0.05) is 19.4 Å². The number of hydrogen-bond acceptors (Lipinski definition) is 3. The molecule has 1 N–H and O–H groups in total. The topological polar surface area (TPSA) is 37.8 Å². The van der Waals surface area contributed by atoms with E-state index in [0.29, 0.717) is 0 Å². The van der Waals surface area contributed by atoms with Crippen molar-refractivity contribution < 1.29 is 0 Å². The second-order valence-electron chi connectivity index (χ2n) is 3.47. The van der Waals surface area contributed by atoms with Crippen molar-refractivity contribution in [3.8, 4) is 0 Å². The highest BCUT2D eigenvalue weighted by molar-refractivity contribution is 5.48. The summed E-state index contributed by atoms with van der Waals surface area (Å²) >= 11 is 0. The van der Waals surface area contributed by atoms with Crippen LogP contribution in [0, 0.1) is 0 Å². The molecule has 0 unspecified atom stereocenters. The van der Waals surface area contributed by atoms with Gasteiger partial charge in [0.15, 0.2) is 0 Å². The zero-order valence-corrected chi connectivity index (χ0v) is 9.53. The average molecular weight is 205 g/mol. The van der Waals surface area contributed by atoms with Crippen LogP contribution < -0.4 is 5.32 Å². The van der Waals surface area contributed by atoms with Crippen molar-refractivity contribution in [1.82, 2.24) is 15.3 Å². The highest BCUT2D eigenvalue weighted by Crippen LogP contribution is 2.05. The summed E-state index contributed by atoms with van der Waals surface area (Å²) in [7, 11) is 0. The van der Waals surface area contributed by atoms with E-state index in [0.717, 1.165) is 25.2 Å². The zero-order chi connectivity index (χ0) is 10.9. The molecule has 0 aromatic carbocycles. The van der Waals surface area contributed by atoms with Gasteiger partial charge < -0.3 is 5.32 Å². The fraction of sp³-hybridized carbons (Fsp3) is 0.500. The van der Waals surface area contributed by atoms with Gasteiger partial charge in [0, 0.05) is 12.7 Å². The fourth-order valence-corrected chi connectivity index (χ4v) is 1.30. The van der Waals surface area contributed by atoms with Gasteiger partial charge in [-0.05, 0) is 31.5 Å². The second-order valence-corrected chi connectivity index (χ2v) is 3.47. The number of rotatable bonds is 6. The van der Waals surface area contributed by atoms with E-state index in [2.05, 4.69) is 35.2 Å². The molecule has 1 rings (SSSR count). The first-order valence-corrected chi connectivity index (χ1v) is 5.53. The fourth-order valence-electron chi connectivity index (χ4n) is 1.30. The predicted octanol–water partition coefficient (Wildman–Crippen LogP) is 2.27. The maximum atomic E-state index is 4.18. The minimum Gasteiger partial charge on any atom is -0.313 e. The monoisotopic (exact) mass is 205 g/mol. The molecule has 1 heterocycles. The lowest BCUT2D eigenvalue weighted by Crippen LogP contribution is -2.17. The molecule has 0 radical (unpaired) electrons. The molecule has 0 aliphatic heterocycles. The standard InChI is InChI=1S/C12H19N3/c1-3-6-13-9-11(4-2)8-12-5-7-14-10-15-12/h5,7-8,10,13H,3-4,6,9H2,1-2H3. The Morgan fingerprint density at radius 3 is 2.93 bits per heavy atom. The van der Waals surface area contributed by atoms with E-state index < -0.39 is 0 Å². The minimum absolute atomic E-state index is 0.953. The van der Waals surface area contributed by atoms with Gasteiger partial charge in [0.2, 0.25) is 0 Å². The molecule has 3 heteroatoms. The highest BCUT2D eigenvalue weighted by Gasteiger charge is 1.95. The normalized spacial score (nSPS) is 11.7. The van der Waals surface area contributed by atoms with Gasteiger partial charge >= 0.3 is 0 Å². The first-order chi connectivity index (χ1) is 7.36. The molecule has 3 nitrogen and oxygen atoms in total. The summed E-state index contributed by atoms with van der Waals surface area (Å²) in [6, 6.07) is 1.93. The van der Waals surface area contributed by atoms with Crippen LogP contribution in [-0.4, -0.2) is 23.1 Å². The molecule has 0 spiro atoms. The van der Waals surface area contributed by atoms with Gasteiger partial charge in [0.1, 0.15) is 6.33 Å². The van der Waals surface area contributed by atoms with Crippen molar-refractivity contribution in [1.29, 1.82) is 0 Å². The van der Waals surface area contributed by atoms with Gasteiger partial charge in [-0.2, -0.15) is 0 Å². The minimum atomic E-state index is 0.953. The lowest BCUT2D eigenvalue weighted by atomic mass is 10.1. The molecule has 0 saturated heterocycles. The van der Waals surface area contributed by atoms with Crippen molar-refractivity contribution in [3.63, 3.8) is 0 Å². The molecule has 15 heavy (non-hydrogen) atoms. The smallest absolute Gasteiger partial charge is 0.115 e. The van der Waals surface area contributed by atoms with E-state index in [-0.39, 0.29) is 0 Å². The van der Waals surface area contributed by atoms with Crippen LogP contribution >= 0.6 is 0 Å². The molecule has 0 amide bonds. The third-order valence-electron chi connectivity index (χ3n) is 2.19. The van der Waals surface area contributed by atoms with Crippen LogP contribution in [0.15, 0.2) is 24.2 Å². The van der Waals surface area contributed by atoms with E-state index in [9.17, 15) is 0 Å². The quantitative estimate of drug-likeness (QED) is 0.724. The van der Waals surface area contributed by atoms with Crippen LogP contribution in [0.25, 0.3) is 6.08 Å². The first-order valence-electron chi connectivity index (χ1n) is 5.53. The number of hydrogen-bond donors (Lipinski definition) is 1. The molecule has 0 aliphatic carbocycles. The van der Waals surface area contributed by atoms with Gasteiger partial charge in [-0.3, -0.25) is 0 Å². The van der Waals surface area contributed by atoms with E-state index in [4.69, 9.17) is 0 Å². The van der Waals surface area contributed by atoms with Crippen molar-refractivity contribution in [2.24, 2.45) is 0 Å².